The Balaban J connectivity index is 1.54. The Morgan fingerprint density at radius 3 is 2.69 bits per heavy atom. The monoisotopic (exact) mass is 464 g/mol. The molecule has 3 N–H and O–H groups in total. The van der Waals surface area contributed by atoms with Gasteiger partial charge in [0.2, 0.25) is 4.87 Å². The smallest absolute Gasteiger partial charge is 0.265 e. The van der Waals surface area contributed by atoms with Crippen LogP contribution in [0.5, 0.6) is 0 Å². The van der Waals surface area contributed by atoms with Crippen LogP contribution < -0.4 is 5.32 Å². The van der Waals surface area contributed by atoms with Crippen LogP contribution in [0.25, 0.3) is 10.9 Å². The van der Waals surface area contributed by atoms with Gasteiger partial charge in [0.25, 0.3) is 11.8 Å². The molecule has 2 amide bonds. The zero-order chi connectivity index (χ0) is 21.9. The lowest BCUT2D eigenvalue weighted by molar-refractivity contribution is -0.166. The molecule has 0 aliphatic carbocycles. The fourth-order valence-electron chi connectivity index (χ4n) is 6.14. The van der Waals surface area contributed by atoms with E-state index in [4.69, 9.17) is 0 Å². The summed E-state index contributed by atoms with van der Waals surface area (Å²) in [7, 11) is 4.37. The number of nitrogens with one attached hydrogen (secondary N) is 2. The molecule has 4 fully saturated rings. The van der Waals surface area contributed by atoms with Crippen LogP contribution in [0.2, 0.25) is 0 Å². The Morgan fingerprint density at radius 2 is 1.84 bits per heavy atom. The van der Waals surface area contributed by atoms with E-state index in [-0.39, 0.29) is 11.8 Å². The highest BCUT2D eigenvalue weighted by atomic mass is 33.1. The Kier molecular flexibility index (Phi) is 3.45. The number of hydrogen-bond donors (Lipinski definition) is 3. The molecule has 0 radical (unpaired) electrons. The highest BCUT2D eigenvalue weighted by molar-refractivity contribution is 8.78. The number of aromatic amines is 1. The van der Waals surface area contributed by atoms with Gasteiger partial charge in [0, 0.05) is 36.3 Å². The van der Waals surface area contributed by atoms with Crippen LogP contribution in [-0.4, -0.2) is 61.3 Å². The van der Waals surface area contributed by atoms with E-state index in [1.807, 2.05) is 42.6 Å². The number of aliphatic hydroxyl groups is 1. The minimum atomic E-state index is -1.30. The van der Waals surface area contributed by atoms with E-state index >= 15 is 0 Å². The first-order valence-corrected chi connectivity index (χ1v) is 12.7. The van der Waals surface area contributed by atoms with Crippen LogP contribution in [0.4, 0.5) is 5.69 Å². The van der Waals surface area contributed by atoms with Gasteiger partial charge in [0.1, 0.15) is 6.17 Å². The molecular formula is C23H20N4O3S2. The van der Waals surface area contributed by atoms with Crippen LogP contribution >= 0.6 is 21.6 Å². The summed E-state index contributed by atoms with van der Waals surface area (Å²) in [6.45, 7) is -0.419. The number of aromatic nitrogens is 1. The van der Waals surface area contributed by atoms with Crippen molar-refractivity contribution in [3.05, 3.63) is 65.9 Å². The second kappa shape index (κ2) is 5.84. The van der Waals surface area contributed by atoms with E-state index < -0.39 is 27.9 Å². The van der Waals surface area contributed by atoms with Gasteiger partial charge in [-0.05, 0) is 34.1 Å². The van der Waals surface area contributed by atoms with Crippen LogP contribution in [0, 0.1) is 0 Å². The van der Waals surface area contributed by atoms with Gasteiger partial charge in [0.05, 0.1) is 12.0 Å². The lowest BCUT2D eigenvalue weighted by atomic mass is 9.72. The Bertz CT molecular complexity index is 1340. The molecule has 0 saturated carbocycles. The van der Waals surface area contributed by atoms with Crippen molar-refractivity contribution in [2.45, 2.75) is 27.7 Å². The van der Waals surface area contributed by atoms with Gasteiger partial charge < -0.3 is 20.3 Å². The number of piperazine rings is 1. The van der Waals surface area contributed by atoms with E-state index in [0.29, 0.717) is 6.42 Å². The summed E-state index contributed by atoms with van der Waals surface area (Å²) in [5.74, 6) is -0.333. The Hall–Kier alpha value is -2.62. The first-order chi connectivity index (χ1) is 15.5. The average Bonchev–Trinajstić information content (AvgIpc) is 3.46. The number of amides is 2. The van der Waals surface area contributed by atoms with Crippen molar-refractivity contribution in [1.82, 2.24) is 14.8 Å². The van der Waals surface area contributed by atoms with E-state index in [1.165, 1.54) is 26.5 Å². The largest absolute Gasteiger partial charge is 0.392 e. The number of anilines is 1. The zero-order valence-electron chi connectivity index (χ0n) is 17.2. The third-order valence-electron chi connectivity index (χ3n) is 7.67. The number of hydrogen-bond acceptors (Lipinski definition) is 6. The summed E-state index contributed by atoms with van der Waals surface area (Å²) in [4.78, 5) is 32.0. The Morgan fingerprint density at radius 1 is 1.06 bits per heavy atom. The molecular weight excluding hydrogens is 444 g/mol. The second-order valence-corrected chi connectivity index (χ2v) is 11.6. The summed E-state index contributed by atoms with van der Waals surface area (Å²) >= 11 is 0. The summed E-state index contributed by atoms with van der Waals surface area (Å²) in [5.41, 5.74) is 3.56. The number of aliphatic hydroxyl groups excluding tert-OH is 1. The van der Waals surface area contributed by atoms with Gasteiger partial charge >= 0.3 is 0 Å². The molecule has 32 heavy (non-hydrogen) atoms. The first-order valence-electron chi connectivity index (χ1n) is 10.5. The third-order valence-corrected chi connectivity index (χ3v) is 11.3. The number of fused-ring (bicyclic) bond motifs is 6. The molecule has 4 saturated heterocycles. The lowest BCUT2D eigenvalue weighted by Gasteiger charge is -2.57. The van der Waals surface area contributed by atoms with Gasteiger partial charge in [-0.2, -0.15) is 0 Å². The van der Waals surface area contributed by atoms with Gasteiger partial charge in [-0.25, -0.2) is 0 Å². The molecule has 5 aliphatic heterocycles. The number of H-pyrrole nitrogens is 1. The topological polar surface area (TPSA) is 88.7 Å². The highest BCUT2D eigenvalue weighted by Gasteiger charge is 2.78. The highest BCUT2D eigenvalue weighted by Crippen LogP contribution is 2.70. The molecule has 9 heteroatoms. The predicted molar refractivity (Wildman–Crippen MR) is 125 cm³/mol. The summed E-state index contributed by atoms with van der Waals surface area (Å²) in [6.07, 6.45) is 2.06. The van der Waals surface area contributed by atoms with Crippen LogP contribution in [0.3, 0.4) is 0 Å². The molecule has 2 bridgehead atoms. The minimum absolute atomic E-state index is 0.122. The number of para-hydroxylation sites is 2. The molecule has 1 spiro atoms. The number of rotatable bonds is 2. The average molecular weight is 465 g/mol. The zero-order valence-corrected chi connectivity index (χ0v) is 18.8. The number of carbonyl (C=O) groups is 2. The third kappa shape index (κ3) is 1.82. The molecule has 162 valence electrons. The molecule has 4 unspecified atom stereocenters. The van der Waals surface area contributed by atoms with Crippen molar-refractivity contribution in [3.63, 3.8) is 0 Å². The van der Waals surface area contributed by atoms with Crippen molar-refractivity contribution in [3.8, 4) is 0 Å². The van der Waals surface area contributed by atoms with Crippen LogP contribution in [0.15, 0.2) is 54.7 Å². The number of nitrogens with zero attached hydrogens (tertiary/aromatic N) is 2. The summed E-state index contributed by atoms with van der Waals surface area (Å²) < 4.78 is 0. The van der Waals surface area contributed by atoms with Crippen LogP contribution in [0.1, 0.15) is 17.5 Å². The summed E-state index contributed by atoms with van der Waals surface area (Å²) in [5, 5.41) is 14.9. The molecule has 1 aromatic heterocycles. The lowest BCUT2D eigenvalue weighted by Crippen LogP contribution is -2.77. The quantitative estimate of drug-likeness (QED) is 0.506. The summed E-state index contributed by atoms with van der Waals surface area (Å²) in [6, 6.07) is 16.3. The fraction of sp³-hybridized carbons (Fsp3) is 0.304. The molecule has 5 aliphatic rings. The van der Waals surface area contributed by atoms with E-state index in [0.717, 1.165) is 27.7 Å². The SMILES string of the molecule is CN1C(=O)C23CC4(c5c[nH]c6ccccc56)c5ccccc5NC4N2C(=O)C1(CO)SS3. The maximum atomic E-state index is 13.9. The maximum absolute atomic E-state index is 13.9. The predicted octanol–water partition coefficient (Wildman–Crippen LogP) is 2.69. The number of carbonyl (C=O) groups excluding carboxylic acids is 2. The normalized spacial score (nSPS) is 34.6. The standard InChI is InChI=1S/C23H20N4O3S2/c1-26-19(29)22-11-21(15-10-24-16-8-4-2-6-13(15)16)14-7-3-5-9-17(14)25-18(21)27(22)20(30)23(26,12-28)32-31-22/h2-10,18,24-25,28H,11-12H2,1H3. The number of likely N-dealkylation sites (N-methyl/N-ethyl adjacent to an activating group) is 1. The van der Waals surface area contributed by atoms with Gasteiger partial charge in [-0.15, -0.1) is 0 Å². The maximum Gasteiger partial charge on any atom is 0.265 e. The van der Waals surface area contributed by atoms with Crippen LogP contribution in [-0.2, 0) is 15.0 Å². The van der Waals surface area contributed by atoms with Crippen molar-refractivity contribution >= 4 is 50.0 Å². The Labute approximate surface area is 191 Å². The molecule has 7 nitrogen and oxygen atoms in total. The molecule has 3 aromatic rings. The molecule has 4 atom stereocenters. The van der Waals surface area contributed by atoms with Crippen molar-refractivity contribution in [2.75, 3.05) is 19.0 Å². The minimum Gasteiger partial charge on any atom is -0.392 e. The van der Waals surface area contributed by atoms with Crippen molar-refractivity contribution in [2.24, 2.45) is 0 Å². The van der Waals surface area contributed by atoms with E-state index in [9.17, 15) is 14.7 Å². The van der Waals surface area contributed by atoms with E-state index in [1.54, 1.807) is 11.9 Å². The first kappa shape index (κ1) is 18.9. The van der Waals surface area contributed by atoms with Gasteiger partial charge in [0.15, 0.2) is 4.87 Å². The van der Waals surface area contributed by atoms with Gasteiger partial charge in [-0.1, -0.05) is 47.2 Å². The van der Waals surface area contributed by atoms with Crippen molar-refractivity contribution < 1.29 is 14.7 Å². The second-order valence-electron chi connectivity index (χ2n) is 8.92. The molecule has 2 aromatic carbocycles. The molecule has 8 rings (SSSR count). The van der Waals surface area contributed by atoms with Gasteiger partial charge in [-0.3, -0.25) is 14.5 Å². The fourth-order valence-corrected chi connectivity index (χ4v) is 9.77. The van der Waals surface area contributed by atoms with E-state index in [2.05, 4.69) is 22.4 Å². The molecule has 6 heterocycles. The van der Waals surface area contributed by atoms with Crippen molar-refractivity contribution in [1.29, 1.82) is 0 Å². The number of benzene rings is 2.